The van der Waals surface area contributed by atoms with Crippen molar-refractivity contribution in [3.63, 3.8) is 0 Å². The van der Waals surface area contributed by atoms with Gasteiger partial charge in [0.15, 0.2) is 11.5 Å². The van der Waals surface area contributed by atoms with Gasteiger partial charge in [-0.15, -0.1) is 0 Å². The van der Waals surface area contributed by atoms with Crippen molar-refractivity contribution >= 4 is 5.91 Å². The maximum Gasteiger partial charge on any atom is 0.266 e. The van der Waals surface area contributed by atoms with Crippen LogP contribution in [-0.4, -0.2) is 28.9 Å². The van der Waals surface area contributed by atoms with E-state index in [1.165, 1.54) is 4.68 Å². The van der Waals surface area contributed by atoms with Gasteiger partial charge in [0, 0.05) is 25.6 Å². The standard InChI is InChI=1S/C21H27N3O4/c1-4-27-18-9-6-14(10-19(18)28-5-2)13-22-21(26)15-7-8-17-16(11-15)12-20(25)24(3)23-17/h6,9-10,12,15H,4-5,7-8,11,13H2,1-3H3,(H,22,26). The largest absolute Gasteiger partial charge is 0.490 e. The molecule has 1 aromatic heterocycles. The molecule has 1 unspecified atom stereocenters. The Bertz CT molecular complexity index is 907. The molecule has 150 valence electrons. The van der Waals surface area contributed by atoms with Crippen LogP contribution < -0.4 is 20.3 Å². The molecule has 0 radical (unpaired) electrons. The van der Waals surface area contributed by atoms with E-state index in [0.717, 1.165) is 23.2 Å². The summed E-state index contributed by atoms with van der Waals surface area (Å²) in [5.74, 6) is 1.25. The zero-order valence-electron chi connectivity index (χ0n) is 16.7. The predicted molar refractivity (Wildman–Crippen MR) is 106 cm³/mol. The number of rotatable bonds is 7. The molecule has 0 bridgehead atoms. The summed E-state index contributed by atoms with van der Waals surface area (Å²) in [5.41, 5.74) is 2.61. The summed E-state index contributed by atoms with van der Waals surface area (Å²) in [6.07, 6.45) is 1.99. The summed E-state index contributed by atoms with van der Waals surface area (Å²) in [6.45, 7) is 5.39. The molecule has 0 spiro atoms. The fourth-order valence-electron chi connectivity index (χ4n) is 3.45. The lowest BCUT2D eigenvalue weighted by atomic mass is 9.86. The molecule has 1 atom stereocenters. The molecule has 1 aliphatic rings. The number of amides is 1. The fraction of sp³-hybridized carbons (Fsp3) is 0.476. The van der Waals surface area contributed by atoms with Crippen LogP contribution in [0.5, 0.6) is 11.5 Å². The van der Waals surface area contributed by atoms with Gasteiger partial charge in [0.2, 0.25) is 5.91 Å². The van der Waals surface area contributed by atoms with Crippen molar-refractivity contribution < 1.29 is 14.3 Å². The minimum Gasteiger partial charge on any atom is -0.490 e. The van der Waals surface area contributed by atoms with Gasteiger partial charge in [0.25, 0.3) is 5.56 Å². The number of aryl methyl sites for hydroxylation is 2. The second kappa shape index (κ2) is 8.91. The zero-order chi connectivity index (χ0) is 20.1. The molecule has 2 aromatic rings. The average Bonchev–Trinajstić information content (AvgIpc) is 2.68. The average molecular weight is 385 g/mol. The lowest BCUT2D eigenvalue weighted by molar-refractivity contribution is -0.125. The lowest BCUT2D eigenvalue weighted by Gasteiger charge is -2.23. The zero-order valence-corrected chi connectivity index (χ0v) is 16.7. The summed E-state index contributed by atoms with van der Waals surface area (Å²) >= 11 is 0. The third-order valence-corrected chi connectivity index (χ3v) is 4.90. The second-order valence-corrected chi connectivity index (χ2v) is 6.88. The van der Waals surface area contributed by atoms with Crippen LogP contribution >= 0.6 is 0 Å². The fourth-order valence-corrected chi connectivity index (χ4v) is 3.45. The molecule has 1 aliphatic carbocycles. The number of carbonyl (C=O) groups is 1. The molecule has 1 heterocycles. The van der Waals surface area contributed by atoms with Crippen molar-refractivity contribution in [2.75, 3.05) is 13.2 Å². The molecule has 28 heavy (non-hydrogen) atoms. The van der Waals surface area contributed by atoms with E-state index in [4.69, 9.17) is 9.47 Å². The summed E-state index contributed by atoms with van der Waals surface area (Å²) in [7, 11) is 1.65. The van der Waals surface area contributed by atoms with Gasteiger partial charge >= 0.3 is 0 Å². The van der Waals surface area contributed by atoms with E-state index in [0.29, 0.717) is 44.1 Å². The number of hydrogen-bond donors (Lipinski definition) is 1. The van der Waals surface area contributed by atoms with Gasteiger partial charge in [-0.25, -0.2) is 4.68 Å². The highest BCUT2D eigenvalue weighted by Crippen LogP contribution is 2.29. The van der Waals surface area contributed by atoms with Gasteiger partial charge in [-0.1, -0.05) is 6.07 Å². The quantitative estimate of drug-likeness (QED) is 0.788. The Kier molecular flexibility index (Phi) is 6.34. The van der Waals surface area contributed by atoms with Crippen molar-refractivity contribution in [1.82, 2.24) is 15.1 Å². The number of ether oxygens (including phenoxy) is 2. The van der Waals surface area contributed by atoms with Gasteiger partial charge < -0.3 is 14.8 Å². The van der Waals surface area contributed by atoms with E-state index in [1.54, 1.807) is 13.1 Å². The SMILES string of the molecule is CCOc1ccc(CNC(=O)C2CCc3nn(C)c(=O)cc3C2)cc1OCC. The van der Waals surface area contributed by atoms with Crippen LogP contribution in [0.1, 0.15) is 37.1 Å². The predicted octanol–water partition coefficient (Wildman–Crippen LogP) is 2.00. The number of aromatic nitrogens is 2. The molecule has 1 N–H and O–H groups in total. The van der Waals surface area contributed by atoms with Crippen molar-refractivity contribution in [3.8, 4) is 11.5 Å². The molecular weight excluding hydrogens is 358 g/mol. The summed E-state index contributed by atoms with van der Waals surface area (Å²) < 4.78 is 12.6. The van der Waals surface area contributed by atoms with Crippen LogP contribution in [0.25, 0.3) is 0 Å². The number of hydrogen-bond acceptors (Lipinski definition) is 5. The lowest BCUT2D eigenvalue weighted by Crippen LogP contribution is -2.35. The third-order valence-electron chi connectivity index (χ3n) is 4.90. The molecule has 0 saturated carbocycles. The van der Waals surface area contributed by atoms with E-state index >= 15 is 0 Å². The smallest absolute Gasteiger partial charge is 0.266 e. The number of carbonyl (C=O) groups excluding carboxylic acids is 1. The van der Waals surface area contributed by atoms with E-state index in [-0.39, 0.29) is 17.4 Å². The second-order valence-electron chi connectivity index (χ2n) is 6.88. The Labute approximate surface area is 164 Å². The van der Waals surface area contributed by atoms with Crippen LogP contribution in [0.15, 0.2) is 29.1 Å². The molecule has 3 rings (SSSR count). The van der Waals surface area contributed by atoms with Crippen LogP contribution in [0.2, 0.25) is 0 Å². The minimum atomic E-state index is -0.143. The van der Waals surface area contributed by atoms with Crippen LogP contribution in [0.3, 0.4) is 0 Å². The number of nitrogens with one attached hydrogen (secondary N) is 1. The Hall–Kier alpha value is -2.83. The highest BCUT2D eigenvalue weighted by atomic mass is 16.5. The van der Waals surface area contributed by atoms with Crippen molar-refractivity contribution in [2.45, 2.75) is 39.7 Å². The van der Waals surface area contributed by atoms with Gasteiger partial charge in [-0.05, 0) is 56.4 Å². The Morgan fingerprint density at radius 3 is 2.71 bits per heavy atom. The summed E-state index contributed by atoms with van der Waals surface area (Å²) in [4.78, 5) is 24.5. The van der Waals surface area contributed by atoms with E-state index in [2.05, 4.69) is 10.4 Å². The normalized spacial score (nSPS) is 15.6. The Morgan fingerprint density at radius 2 is 1.96 bits per heavy atom. The topological polar surface area (TPSA) is 82.5 Å². The van der Waals surface area contributed by atoms with Gasteiger partial charge in [0.05, 0.1) is 18.9 Å². The van der Waals surface area contributed by atoms with Gasteiger partial charge in [-0.3, -0.25) is 9.59 Å². The molecule has 1 aromatic carbocycles. The molecule has 7 nitrogen and oxygen atoms in total. The third kappa shape index (κ3) is 4.52. The molecule has 7 heteroatoms. The molecule has 0 fully saturated rings. The molecule has 0 saturated heterocycles. The van der Waals surface area contributed by atoms with Crippen LogP contribution in [-0.2, 0) is 31.2 Å². The van der Waals surface area contributed by atoms with Gasteiger partial charge in [-0.2, -0.15) is 5.10 Å². The van der Waals surface area contributed by atoms with Crippen molar-refractivity contribution in [2.24, 2.45) is 13.0 Å². The first-order valence-electron chi connectivity index (χ1n) is 9.74. The number of benzene rings is 1. The maximum atomic E-state index is 12.6. The Morgan fingerprint density at radius 1 is 1.21 bits per heavy atom. The summed E-state index contributed by atoms with van der Waals surface area (Å²) in [5, 5.41) is 7.30. The molecule has 0 aliphatic heterocycles. The number of nitrogens with zero attached hydrogens (tertiary/aromatic N) is 2. The van der Waals surface area contributed by atoms with E-state index < -0.39 is 0 Å². The van der Waals surface area contributed by atoms with E-state index in [9.17, 15) is 9.59 Å². The van der Waals surface area contributed by atoms with Crippen molar-refractivity contribution in [3.05, 3.63) is 51.4 Å². The highest BCUT2D eigenvalue weighted by Gasteiger charge is 2.26. The number of fused-ring (bicyclic) bond motifs is 1. The monoisotopic (exact) mass is 385 g/mol. The molecule has 1 amide bonds. The van der Waals surface area contributed by atoms with Crippen molar-refractivity contribution in [1.29, 1.82) is 0 Å². The minimum absolute atomic E-state index is 0.00169. The summed E-state index contributed by atoms with van der Waals surface area (Å²) in [6, 6.07) is 7.30. The maximum absolute atomic E-state index is 12.6. The highest BCUT2D eigenvalue weighted by molar-refractivity contribution is 5.79. The first-order chi connectivity index (χ1) is 13.5. The first kappa shape index (κ1) is 19.9. The molecular formula is C21H27N3O4. The van der Waals surface area contributed by atoms with Gasteiger partial charge in [0.1, 0.15) is 0 Å². The van der Waals surface area contributed by atoms with Crippen LogP contribution in [0.4, 0.5) is 0 Å². The van der Waals surface area contributed by atoms with E-state index in [1.807, 2.05) is 32.0 Å². The van der Waals surface area contributed by atoms with Crippen LogP contribution in [0, 0.1) is 5.92 Å². The Balaban J connectivity index is 1.63. The first-order valence-corrected chi connectivity index (χ1v) is 9.74.